The third-order valence-corrected chi connectivity index (χ3v) is 6.09. The molecule has 2 aromatic carbocycles. The number of likely N-dealkylation sites (tertiary alicyclic amines) is 1. The van der Waals surface area contributed by atoms with E-state index in [1.165, 1.54) is 5.56 Å². The zero-order chi connectivity index (χ0) is 25.1. The van der Waals surface area contributed by atoms with Gasteiger partial charge in [0.1, 0.15) is 12.7 Å². The molecule has 188 valence electrons. The van der Waals surface area contributed by atoms with Crippen LogP contribution in [-0.4, -0.2) is 66.0 Å². The number of hydrogen-bond donors (Lipinski definition) is 2. The van der Waals surface area contributed by atoms with E-state index in [2.05, 4.69) is 42.2 Å². The summed E-state index contributed by atoms with van der Waals surface area (Å²) in [4.78, 5) is 21.6. The second-order valence-corrected chi connectivity index (χ2v) is 8.43. The largest absolute Gasteiger partial charge is 0.486 e. The fourth-order valence-corrected chi connectivity index (χ4v) is 4.35. The molecule has 0 bridgehead atoms. The van der Waals surface area contributed by atoms with E-state index in [1.807, 2.05) is 24.3 Å². The summed E-state index contributed by atoms with van der Waals surface area (Å²) >= 11 is 0. The summed E-state index contributed by atoms with van der Waals surface area (Å²) in [5.74, 6) is -0.789. The molecule has 8 heteroatoms. The molecule has 0 spiro atoms. The number of ether oxygens (including phenoxy) is 3. The minimum absolute atomic E-state index is 0.129. The highest BCUT2D eigenvalue weighted by Gasteiger charge is 2.37. The van der Waals surface area contributed by atoms with E-state index in [0.717, 1.165) is 57.0 Å². The molecule has 1 unspecified atom stereocenters. The molecule has 0 amide bonds. The zero-order valence-corrected chi connectivity index (χ0v) is 20.0. The van der Waals surface area contributed by atoms with Crippen molar-refractivity contribution in [2.24, 2.45) is 0 Å². The highest BCUT2D eigenvalue weighted by molar-refractivity contribution is 5.89. The van der Waals surface area contributed by atoms with Gasteiger partial charge in [-0.05, 0) is 37.5 Å². The average molecular weight is 484 g/mol. The van der Waals surface area contributed by atoms with Gasteiger partial charge in [-0.15, -0.1) is 0 Å². The van der Waals surface area contributed by atoms with Gasteiger partial charge in [-0.3, -0.25) is 0 Å². The first-order valence-corrected chi connectivity index (χ1v) is 11.9. The number of carboxylic acids is 2. The Morgan fingerprint density at radius 2 is 1.60 bits per heavy atom. The molecule has 2 aromatic rings. The topological polar surface area (TPSA) is 106 Å². The van der Waals surface area contributed by atoms with Gasteiger partial charge >= 0.3 is 11.9 Å². The maximum Gasteiger partial charge on any atom is 0.328 e. The standard InChI is InChI=1S/C23H29NO3.C4H4O4/c1-2-26-23(19-8-4-3-5-9-19)13-16-24(17-14-23)15-12-20-18-25-21-10-6-7-11-22(21)27-20;5-3(6)1-2-4(7)8/h3-11,20H,2,12-18H2,1H3;1-2H,(H,5,6)(H,7,8)/b;2-1-. The van der Waals surface area contributed by atoms with Crippen LogP contribution >= 0.6 is 0 Å². The molecule has 2 aliphatic heterocycles. The summed E-state index contributed by atoms with van der Waals surface area (Å²) in [6.45, 7) is 6.62. The number of rotatable bonds is 8. The van der Waals surface area contributed by atoms with Crippen molar-refractivity contribution in [1.29, 1.82) is 0 Å². The van der Waals surface area contributed by atoms with Crippen LogP contribution in [0.5, 0.6) is 11.5 Å². The Balaban J connectivity index is 0.000000371. The minimum atomic E-state index is -1.26. The van der Waals surface area contributed by atoms with E-state index in [4.69, 9.17) is 24.4 Å². The van der Waals surface area contributed by atoms with Gasteiger partial charge < -0.3 is 29.3 Å². The molecule has 35 heavy (non-hydrogen) atoms. The first-order chi connectivity index (χ1) is 16.9. The number of aliphatic carboxylic acids is 2. The van der Waals surface area contributed by atoms with Crippen molar-refractivity contribution in [3.63, 3.8) is 0 Å². The van der Waals surface area contributed by atoms with Gasteiger partial charge in [-0.1, -0.05) is 42.5 Å². The van der Waals surface area contributed by atoms with E-state index in [-0.39, 0.29) is 11.7 Å². The fraction of sp³-hybridized carbons (Fsp3) is 0.407. The van der Waals surface area contributed by atoms with Crippen LogP contribution in [0.15, 0.2) is 66.7 Å². The Kier molecular flexibility index (Phi) is 9.69. The van der Waals surface area contributed by atoms with Gasteiger partial charge in [0, 0.05) is 44.8 Å². The minimum Gasteiger partial charge on any atom is -0.486 e. The molecule has 8 nitrogen and oxygen atoms in total. The van der Waals surface area contributed by atoms with Crippen molar-refractivity contribution < 1.29 is 34.0 Å². The predicted molar refractivity (Wildman–Crippen MR) is 131 cm³/mol. The summed E-state index contributed by atoms with van der Waals surface area (Å²) in [6.07, 6.45) is 4.31. The Morgan fingerprint density at radius 3 is 2.20 bits per heavy atom. The Bertz CT molecular complexity index is 968. The van der Waals surface area contributed by atoms with E-state index in [0.29, 0.717) is 18.8 Å². The molecule has 0 saturated carbocycles. The van der Waals surface area contributed by atoms with Crippen molar-refractivity contribution in [2.45, 2.75) is 37.9 Å². The maximum atomic E-state index is 9.55. The quantitative estimate of drug-likeness (QED) is 0.544. The summed E-state index contributed by atoms with van der Waals surface area (Å²) < 4.78 is 18.2. The second-order valence-electron chi connectivity index (χ2n) is 8.43. The molecule has 0 radical (unpaired) electrons. The van der Waals surface area contributed by atoms with Crippen LogP contribution in [0.4, 0.5) is 0 Å². The normalized spacial score (nSPS) is 18.9. The fourth-order valence-electron chi connectivity index (χ4n) is 4.35. The number of fused-ring (bicyclic) bond motifs is 1. The number of benzene rings is 2. The van der Waals surface area contributed by atoms with E-state index in [1.54, 1.807) is 0 Å². The van der Waals surface area contributed by atoms with E-state index in [9.17, 15) is 9.59 Å². The Hall–Kier alpha value is -3.36. The number of carbonyl (C=O) groups is 2. The first kappa shape index (κ1) is 26.2. The monoisotopic (exact) mass is 483 g/mol. The smallest absolute Gasteiger partial charge is 0.328 e. The third-order valence-electron chi connectivity index (χ3n) is 6.09. The van der Waals surface area contributed by atoms with Crippen molar-refractivity contribution in [3.8, 4) is 11.5 Å². The maximum absolute atomic E-state index is 9.55. The molecular weight excluding hydrogens is 450 g/mol. The van der Waals surface area contributed by atoms with Crippen molar-refractivity contribution >= 4 is 11.9 Å². The number of hydrogen-bond acceptors (Lipinski definition) is 6. The van der Waals surface area contributed by atoms with Crippen LogP contribution in [0.1, 0.15) is 31.7 Å². The van der Waals surface area contributed by atoms with Gasteiger partial charge in [-0.2, -0.15) is 0 Å². The SMILES string of the molecule is CCOC1(c2ccccc2)CCN(CCC2COc3ccccc3O2)CC1.O=C(O)/C=C\C(=O)O. The lowest BCUT2D eigenvalue weighted by Gasteiger charge is -2.42. The van der Waals surface area contributed by atoms with Gasteiger partial charge in [0.15, 0.2) is 11.5 Å². The van der Waals surface area contributed by atoms with Crippen LogP contribution in [0.3, 0.4) is 0 Å². The van der Waals surface area contributed by atoms with Crippen LogP contribution in [0.25, 0.3) is 0 Å². The second kappa shape index (κ2) is 12.9. The summed E-state index contributed by atoms with van der Waals surface area (Å²) in [5, 5.41) is 15.6. The van der Waals surface area contributed by atoms with Gasteiger partial charge in [0.05, 0.1) is 5.60 Å². The first-order valence-electron chi connectivity index (χ1n) is 11.9. The lowest BCUT2D eigenvalue weighted by atomic mass is 9.84. The molecule has 2 heterocycles. The molecule has 2 N–H and O–H groups in total. The van der Waals surface area contributed by atoms with E-state index < -0.39 is 11.9 Å². The van der Waals surface area contributed by atoms with Crippen LogP contribution in [0.2, 0.25) is 0 Å². The van der Waals surface area contributed by atoms with Gasteiger partial charge in [0.2, 0.25) is 0 Å². The number of carboxylic acid groups (broad SMARTS) is 2. The Morgan fingerprint density at radius 1 is 1.00 bits per heavy atom. The van der Waals surface area contributed by atoms with Gasteiger partial charge in [-0.25, -0.2) is 9.59 Å². The lowest BCUT2D eigenvalue weighted by molar-refractivity contribution is -0.134. The molecule has 1 fully saturated rings. The summed E-state index contributed by atoms with van der Waals surface area (Å²) in [5.41, 5.74) is 1.18. The zero-order valence-electron chi connectivity index (χ0n) is 20.0. The van der Waals surface area contributed by atoms with Crippen LogP contribution in [-0.2, 0) is 19.9 Å². The molecule has 1 saturated heterocycles. The van der Waals surface area contributed by atoms with Crippen molar-refractivity contribution in [3.05, 3.63) is 72.3 Å². The molecule has 2 aliphatic rings. The highest BCUT2D eigenvalue weighted by Crippen LogP contribution is 2.37. The van der Waals surface area contributed by atoms with Crippen molar-refractivity contribution in [1.82, 2.24) is 4.90 Å². The predicted octanol–water partition coefficient (Wildman–Crippen LogP) is 3.96. The molecule has 4 rings (SSSR count). The Labute approximate surface area is 205 Å². The molecule has 1 atom stereocenters. The lowest BCUT2D eigenvalue weighted by Crippen LogP contribution is -2.45. The number of piperidine rings is 1. The number of nitrogens with zero attached hydrogens (tertiary/aromatic N) is 1. The highest BCUT2D eigenvalue weighted by atomic mass is 16.6. The van der Waals surface area contributed by atoms with Crippen LogP contribution in [0, 0.1) is 0 Å². The summed E-state index contributed by atoms with van der Waals surface area (Å²) in [6, 6.07) is 18.6. The average Bonchev–Trinajstić information content (AvgIpc) is 2.88. The van der Waals surface area contributed by atoms with E-state index >= 15 is 0 Å². The third kappa shape index (κ3) is 7.83. The van der Waals surface area contributed by atoms with Crippen LogP contribution < -0.4 is 9.47 Å². The molecular formula is C27H33NO7. The molecule has 0 aromatic heterocycles. The van der Waals surface area contributed by atoms with Crippen molar-refractivity contribution in [2.75, 3.05) is 32.8 Å². The molecule has 0 aliphatic carbocycles. The van der Waals surface area contributed by atoms with Gasteiger partial charge in [0.25, 0.3) is 0 Å². The number of para-hydroxylation sites is 2. The summed E-state index contributed by atoms with van der Waals surface area (Å²) in [7, 11) is 0.